The van der Waals surface area contributed by atoms with E-state index in [1.807, 2.05) is 46.8 Å². The van der Waals surface area contributed by atoms with Crippen molar-refractivity contribution < 1.29 is 5.11 Å². The summed E-state index contributed by atoms with van der Waals surface area (Å²) < 4.78 is 0. The first-order valence-electron chi connectivity index (χ1n) is 9.65. The van der Waals surface area contributed by atoms with E-state index in [0.717, 1.165) is 25.2 Å². The van der Waals surface area contributed by atoms with Crippen LogP contribution in [0.15, 0.2) is 66.5 Å². The maximum atomic E-state index is 9.88. The van der Waals surface area contributed by atoms with Crippen molar-refractivity contribution in [3.8, 4) is 0 Å². The summed E-state index contributed by atoms with van der Waals surface area (Å²) in [6, 6.07) is 10.5. The van der Waals surface area contributed by atoms with Crippen molar-refractivity contribution >= 4 is 0 Å². The van der Waals surface area contributed by atoms with E-state index >= 15 is 0 Å². The molecule has 0 spiro atoms. The fourth-order valence-corrected chi connectivity index (χ4v) is 2.23. The van der Waals surface area contributed by atoms with Crippen LogP contribution in [0.3, 0.4) is 0 Å². The predicted molar refractivity (Wildman–Crippen MR) is 118 cm³/mol. The van der Waals surface area contributed by atoms with Gasteiger partial charge in [0.05, 0.1) is 0 Å². The van der Waals surface area contributed by atoms with Gasteiger partial charge in [-0.25, -0.2) is 0 Å². The Balaban J connectivity index is 0. The Bertz CT molecular complexity index is 506. The Kier molecular flexibility index (Phi) is 18.2. The van der Waals surface area contributed by atoms with E-state index < -0.39 is 0 Å². The molecule has 0 atom stereocenters. The van der Waals surface area contributed by atoms with E-state index in [2.05, 4.69) is 54.7 Å². The molecule has 1 rings (SSSR count). The van der Waals surface area contributed by atoms with Crippen LogP contribution in [-0.2, 0) is 6.54 Å². The van der Waals surface area contributed by atoms with Gasteiger partial charge >= 0.3 is 0 Å². The summed E-state index contributed by atoms with van der Waals surface area (Å²) in [7, 11) is 4.20. The van der Waals surface area contributed by atoms with Gasteiger partial charge in [-0.2, -0.15) is 0 Å². The van der Waals surface area contributed by atoms with Gasteiger partial charge in [-0.05, 0) is 32.7 Å². The number of nitrogens with zero attached hydrogens (tertiary/aromatic N) is 2. The molecule has 0 aliphatic rings. The van der Waals surface area contributed by atoms with E-state index in [1.54, 1.807) is 12.2 Å². The van der Waals surface area contributed by atoms with Crippen LogP contribution in [-0.4, -0.2) is 48.6 Å². The Morgan fingerprint density at radius 2 is 1.54 bits per heavy atom. The van der Waals surface area contributed by atoms with Crippen LogP contribution in [0.25, 0.3) is 0 Å². The topological polar surface area (TPSA) is 26.7 Å². The summed E-state index contributed by atoms with van der Waals surface area (Å²) in [5, 5.41) is 9.88. The summed E-state index contributed by atoms with van der Waals surface area (Å²) in [6.07, 6.45) is 5.29. The van der Waals surface area contributed by atoms with Crippen LogP contribution in [0.2, 0.25) is 0 Å². The van der Waals surface area contributed by atoms with E-state index in [4.69, 9.17) is 0 Å². The molecule has 0 unspecified atom stereocenters. The highest BCUT2D eigenvalue weighted by Crippen LogP contribution is 2.09. The molecule has 0 radical (unpaired) electrons. The number of aliphatic hydroxyl groups is 1. The second-order valence-electron chi connectivity index (χ2n) is 5.56. The van der Waals surface area contributed by atoms with Crippen molar-refractivity contribution in [1.82, 2.24) is 9.80 Å². The number of hydrogen-bond donors (Lipinski definition) is 1. The first-order valence-corrected chi connectivity index (χ1v) is 9.65. The van der Waals surface area contributed by atoms with Crippen molar-refractivity contribution in [2.45, 2.75) is 41.2 Å². The van der Waals surface area contributed by atoms with Crippen molar-refractivity contribution in [2.24, 2.45) is 0 Å². The Morgan fingerprint density at radius 3 is 2.04 bits per heavy atom. The average molecular weight is 361 g/mol. The number of aliphatic hydroxyl groups excluding tert-OH is 1. The lowest BCUT2D eigenvalue weighted by Gasteiger charge is -2.23. The van der Waals surface area contributed by atoms with Gasteiger partial charge in [0.25, 0.3) is 0 Å². The molecule has 3 nitrogen and oxygen atoms in total. The molecule has 0 aliphatic heterocycles. The molecule has 0 bridgehead atoms. The molecule has 3 heteroatoms. The van der Waals surface area contributed by atoms with Crippen molar-refractivity contribution in [2.75, 3.05) is 33.7 Å². The number of allylic oxidation sites excluding steroid dienone is 3. The Hall–Kier alpha value is -1.84. The van der Waals surface area contributed by atoms with E-state index in [-0.39, 0.29) is 0 Å². The summed E-state index contributed by atoms with van der Waals surface area (Å²) in [4.78, 5) is 4.51. The Labute approximate surface area is 162 Å². The van der Waals surface area contributed by atoms with Gasteiger partial charge in [0.1, 0.15) is 5.76 Å². The predicted octanol–water partition coefficient (Wildman–Crippen LogP) is 5.68. The van der Waals surface area contributed by atoms with Gasteiger partial charge in [-0.15, -0.1) is 0 Å². The second-order valence-corrected chi connectivity index (χ2v) is 5.56. The number of benzene rings is 1. The minimum Gasteiger partial charge on any atom is -0.508 e. The summed E-state index contributed by atoms with van der Waals surface area (Å²) in [5.74, 6) is 0.324. The maximum Gasteiger partial charge on any atom is 0.115 e. The fraction of sp³-hybridized carbons (Fsp3) is 0.478. The van der Waals surface area contributed by atoms with Gasteiger partial charge in [0.15, 0.2) is 0 Å². The molecule has 1 aromatic carbocycles. The van der Waals surface area contributed by atoms with Gasteiger partial charge in [0.2, 0.25) is 0 Å². The van der Waals surface area contributed by atoms with E-state index in [0.29, 0.717) is 12.3 Å². The molecule has 148 valence electrons. The van der Waals surface area contributed by atoms with Crippen molar-refractivity contribution in [1.29, 1.82) is 0 Å². The minimum absolute atomic E-state index is 0.324. The number of likely N-dealkylation sites (N-methyl/N-ethyl adjacent to an activating group) is 2. The highest BCUT2D eigenvalue weighted by atomic mass is 16.3. The first kappa shape index (κ1) is 26.4. The third-order valence-corrected chi connectivity index (χ3v) is 3.52. The molecular formula is C23H40N2O. The molecule has 0 fully saturated rings. The molecule has 0 heterocycles. The Morgan fingerprint density at radius 1 is 1.00 bits per heavy atom. The van der Waals surface area contributed by atoms with Crippen LogP contribution in [0.1, 0.15) is 40.2 Å². The molecule has 1 aromatic rings. The fourth-order valence-electron chi connectivity index (χ4n) is 2.23. The molecule has 26 heavy (non-hydrogen) atoms. The van der Waals surface area contributed by atoms with Crippen LogP contribution in [0.4, 0.5) is 0 Å². The van der Waals surface area contributed by atoms with Gasteiger partial charge in [-0.1, -0.05) is 76.8 Å². The third-order valence-electron chi connectivity index (χ3n) is 3.52. The molecule has 0 amide bonds. The third kappa shape index (κ3) is 12.5. The van der Waals surface area contributed by atoms with Crippen molar-refractivity contribution in [3.05, 3.63) is 72.0 Å². The zero-order chi connectivity index (χ0) is 20.4. The number of hydrogen-bond acceptors (Lipinski definition) is 3. The lowest BCUT2D eigenvalue weighted by molar-refractivity contribution is 0.259. The normalized spacial score (nSPS) is 11.4. The monoisotopic (exact) mass is 360 g/mol. The molecule has 0 saturated heterocycles. The first-order chi connectivity index (χ1) is 12.6. The smallest absolute Gasteiger partial charge is 0.115 e. The van der Waals surface area contributed by atoms with Crippen LogP contribution < -0.4 is 0 Å². The van der Waals surface area contributed by atoms with Crippen LogP contribution in [0.5, 0.6) is 0 Å². The highest BCUT2D eigenvalue weighted by molar-refractivity contribution is 5.29. The zero-order valence-corrected chi connectivity index (χ0v) is 18.0. The second kappa shape index (κ2) is 18.0. The van der Waals surface area contributed by atoms with Gasteiger partial charge < -0.3 is 14.9 Å². The molecular weight excluding hydrogens is 320 g/mol. The van der Waals surface area contributed by atoms with Gasteiger partial charge in [0, 0.05) is 31.8 Å². The largest absolute Gasteiger partial charge is 0.508 e. The highest BCUT2D eigenvalue weighted by Gasteiger charge is 2.07. The van der Waals surface area contributed by atoms with Crippen molar-refractivity contribution in [3.63, 3.8) is 0 Å². The molecule has 1 N–H and O–H groups in total. The average Bonchev–Trinajstić information content (AvgIpc) is 2.69. The lowest BCUT2D eigenvalue weighted by atomic mass is 10.2. The molecule has 0 aliphatic carbocycles. The zero-order valence-electron chi connectivity index (χ0n) is 18.0. The van der Waals surface area contributed by atoms with Crippen LogP contribution >= 0.6 is 0 Å². The molecule has 0 aromatic heterocycles. The quantitative estimate of drug-likeness (QED) is 0.453. The lowest BCUT2D eigenvalue weighted by Crippen LogP contribution is -2.32. The van der Waals surface area contributed by atoms with Gasteiger partial charge in [-0.3, -0.25) is 0 Å². The summed E-state index contributed by atoms with van der Waals surface area (Å²) in [5.41, 5.74) is 2.22. The minimum atomic E-state index is 0.324. The van der Waals surface area contributed by atoms with E-state index in [9.17, 15) is 5.11 Å². The maximum absolute atomic E-state index is 9.88. The summed E-state index contributed by atoms with van der Waals surface area (Å²) >= 11 is 0. The van der Waals surface area contributed by atoms with Crippen LogP contribution in [0, 0.1) is 0 Å². The van der Waals surface area contributed by atoms with E-state index in [1.165, 1.54) is 5.56 Å². The molecule has 0 saturated carbocycles. The summed E-state index contributed by atoms with van der Waals surface area (Å²) in [6.45, 7) is 17.1. The number of rotatable bonds is 9. The standard InChI is InChI=1S/C19H28N2O.2C2H6/c1-5-10-18(19(22)6-2)16-21(4)14-13-20(3)15-17-11-8-7-9-12-17;2*1-2/h5-12,22H,1,13-16H2,2-4H3;2*1-2H3/b18-10-,19-6+;;. The SMILES string of the molecule is C=C/C=C(CN(C)CCN(C)Cc1ccccc1)\C(O)=C/C.CC.CC.